The molecule has 0 saturated carbocycles. The molecule has 2 N–H and O–H groups in total. The van der Waals surface area contributed by atoms with Crippen LogP contribution in [0.3, 0.4) is 0 Å². The smallest absolute Gasteiger partial charge is 0.221 e. The number of nitrogens with one attached hydrogen (secondary N) is 2. The van der Waals surface area contributed by atoms with Crippen LogP contribution in [0, 0.1) is 5.41 Å². The predicted octanol–water partition coefficient (Wildman–Crippen LogP) is 3.96. The summed E-state index contributed by atoms with van der Waals surface area (Å²) in [7, 11) is 0. The Kier molecular flexibility index (Phi) is 4.93. The van der Waals surface area contributed by atoms with E-state index in [1.165, 1.54) is 6.92 Å². The van der Waals surface area contributed by atoms with E-state index in [9.17, 15) is 4.79 Å². The van der Waals surface area contributed by atoms with Crippen molar-refractivity contribution in [2.75, 3.05) is 16.4 Å². The summed E-state index contributed by atoms with van der Waals surface area (Å²) >= 11 is 1.75. The number of nitrogens with zero attached hydrogens (tertiary/aromatic N) is 1. The Hall–Kier alpha value is -1.49. The maximum Gasteiger partial charge on any atom is 0.221 e. The van der Waals surface area contributed by atoms with Crippen LogP contribution >= 0.6 is 11.8 Å². The first-order valence-corrected chi connectivity index (χ1v) is 8.18. The van der Waals surface area contributed by atoms with Gasteiger partial charge in [0.15, 0.2) is 5.17 Å². The number of rotatable bonds is 2. The van der Waals surface area contributed by atoms with E-state index >= 15 is 0 Å². The van der Waals surface area contributed by atoms with Crippen molar-refractivity contribution < 1.29 is 4.79 Å². The average Bonchev–Trinajstić information content (AvgIpc) is 2.37. The molecule has 1 atom stereocenters. The molecule has 2 rings (SSSR count). The van der Waals surface area contributed by atoms with E-state index in [1.807, 2.05) is 24.3 Å². The minimum absolute atomic E-state index is 0.0654. The van der Waals surface area contributed by atoms with Gasteiger partial charge < -0.3 is 10.6 Å². The molecule has 1 aromatic carbocycles. The third kappa shape index (κ3) is 4.77. The highest BCUT2D eigenvalue weighted by molar-refractivity contribution is 8.14. The number of aliphatic imine (C=N–C) groups is 1. The van der Waals surface area contributed by atoms with Gasteiger partial charge in [-0.15, -0.1) is 0 Å². The molecule has 5 heteroatoms. The Labute approximate surface area is 130 Å². The summed E-state index contributed by atoms with van der Waals surface area (Å²) in [4.78, 5) is 15.9. The van der Waals surface area contributed by atoms with Crippen LogP contribution in [0.1, 0.15) is 34.1 Å². The fraction of sp³-hybridized carbons (Fsp3) is 0.500. The maximum atomic E-state index is 11.1. The molecule has 0 aliphatic carbocycles. The number of carbonyl (C=O) groups excluding carboxylic acids is 1. The highest BCUT2D eigenvalue weighted by atomic mass is 32.2. The SMILES string of the molecule is CC(=O)Nc1cccc(NC2=NC(C(C)(C)C)CCS2)c1. The molecule has 4 nitrogen and oxygen atoms in total. The molecule has 1 unspecified atom stereocenters. The molecule has 114 valence electrons. The first-order chi connectivity index (χ1) is 9.84. The molecule has 1 aliphatic rings. The molecule has 21 heavy (non-hydrogen) atoms. The van der Waals surface area contributed by atoms with Crippen LogP contribution in [0.5, 0.6) is 0 Å². The summed E-state index contributed by atoms with van der Waals surface area (Å²) in [6.07, 6.45) is 1.12. The van der Waals surface area contributed by atoms with Gasteiger partial charge in [0.05, 0.1) is 6.04 Å². The van der Waals surface area contributed by atoms with Gasteiger partial charge in [-0.3, -0.25) is 9.79 Å². The number of thioether (sulfide) groups is 1. The van der Waals surface area contributed by atoms with Crippen molar-refractivity contribution in [2.45, 2.75) is 40.2 Å². The third-order valence-corrected chi connectivity index (χ3v) is 4.26. The minimum Gasteiger partial charge on any atom is -0.335 e. The van der Waals surface area contributed by atoms with Gasteiger partial charge in [0.25, 0.3) is 0 Å². The van der Waals surface area contributed by atoms with Crippen molar-refractivity contribution in [1.82, 2.24) is 0 Å². The highest BCUT2D eigenvalue weighted by Crippen LogP contribution is 2.31. The summed E-state index contributed by atoms with van der Waals surface area (Å²) < 4.78 is 0. The normalized spacial score (nSPS) is 18.9. The van der Waals surface area contributed by atoms with Crippen LogP contribution in [0.2, 0.25) is 0 Å². The Morgan fingerprint density at radius 3 is 2.71 bits per heavy atom. The fourth-order valence-corrected chi connectivity index (χ4v) is 3.13. The second kappa shape index (κ2) is 6.52. The van der Waals surface area contributed by atoms with Crippen LogP contribution < -0.4 is 10.6 Å². The molecule has 0 spiro atoms. The van der Waals surface area contributed by atoms with E-state index in [0.29, 0.717) is 6.04 Å². The van der Waals surface area contributed by atoms with E-state index in [-0.39, 0.29) is 11.3 Å². The van der Waals surface area contributed by atoms with Crippen LogP contribution in [-0.2, 0) is 4.79 Å². The number of benzene rings is 1. The van der Waals surface area contributed by atoms with E-state index in [0.717, 1.165) is 28.7 Å². The third-order valence-electron chi connectivity index (χ3n) is 3.34. The van der Waals surface area contributed by atoms with Gasteiger partial charge >= 0.3 is 0 Å². The number of amidine groups is 1. The molecule has 0 bridgehead atoms. The zero-order valence-electron chi connectivity index (χ0n) is 13.1. The van der Waals surface area contributed by atoms with Crippen molar-refractivity contribution in [2.24, 2.45) is 10.4 Å². The molecule has 1 aromatic rings. The Balaban J connectivity index is 2.10. The van der Waals surface area contributed by atoms with E-state index < -0.39 is 0 Å². The largest absolute Gasteiger partial charge is 0.335 e. The van der Waals surface area contributed by atoms with Gasteiger partial charge in [0.1, 0.15) is 0 Å². The van der Waals surface area contributed by atoms with Crippen LogP contribution in [-0.4, -0.2) is 22.9 Å². The lowest BCUT2D eigenvalue weighted by molar-refractivity contribution is -0.114. The average molecular weight is 305 g/mol. The van der Waals surface area contributed by atoms with Crippen molar-refractivity contribution in [3.63, 3.8) is 0 Å². The second-order valence-corrected chi connectivity index (χ2v) is 7.42. The summed E-state index contributed by atoms with van der Waals surface area (Å²) in [5.74, 6) is 1.02. The monoisotopic (exact) mass is 305 g/mol. The zero-order valence-corrected chi connectivity index (χ0v) is 13.9. The lowest BCUT2D eigenvalue weighted by atomic mass is 9.85. The molecule has 0 fully saturated rings. The molecule has 0 radical (unpaired) electrons. The van der Waals surface area contributed by atoms with Crippen LogP contribution in [0.15, 0.2) is 29.3 Å². The summed E-state index contributed by atoms with van der Waals surface area (Å²) in [5.41, 5.74) is 1.93. The number of hydrogen-bond donors (Lipinski definition) is 2. The Morgan fingerprint density at radius 2 is 2.05 bits per heavy atom. The number of amides is 1. The van der Waals surface area contributed by atoms with Gasteiger partial charge in [0.2, 0.25) is 5.91 Å². The molecule has 0 saturated heterocycles. The van der Waals surface area contributed by atoms with E-state index in [4.69, 9.17) is 4.99 Å². The molecule has 0 aromatic heterocycles. The molecular weight excluding hydrogens is 282 g/mol. The van der Waals surface area contributed by atoms with Crippen molar-refractivity contribution >= 4 is 34.2 Å². The van der Waals surface area contributed by atoms with Crippen molar-refractivity contribution in [3.05, 3.63) is 24.3 Å². The van der Waals surface area contributed by atoms with Crippen molar-refractivity contribution in [3.8, 4) is 0 Å². The van der Waals surface area contributed by atoms with Gasteiger partial charge in [-0.05, 0) is 30.0 Å². The van der Waals surface area contributed by atoms with Gasteiger partial charge in [-0.2, -0.15) is 0 Å². The summed E-state index contributed by atoms with van der Waals surface area (Å²) in [6, 6.07) is 8.04. The number of hydrogen-bond acceptors (Lipinski definition) is 4. The van der Waals surface area contributed by atoms with Crippen LogP contribution in [0.25, 0.3) is 0 Å². The lowest BCUT2D eigenvalue weighted by Gasteiger charge is -2.31. The number of anilines is 2. The second-order valence-electron chi connectivity index (χ2n) is 6.34. The van der Waals surface area contributed by atoms with Crippen molar-refractivity contribution in [1.29, 1.82) is 0 Å². The van der Waals surface area contributed by atoms with Gasteiger partial charge in [-0.1, -0.05) is 38.6 Å². The van der Waals surface area contributed by atoms with Crippen LogP contribution in [0.4, 0.5) is 11.4 Å². The van der Waals surface area contributed by atoms with Gasteiger partial charge in [0, 0.05) is 24.1 Å². The fourth-order valence-electron chi connectivity index (χ4n) is 2.21. The van der Waals surface area contributed by atoms with Gasteiger partial charge in [-0.25, -0.2) is 0 Å². The quantitative estimate of drug-likeness (QED) is 0.869. The Bertz CT molecular complexity index is 549. The zero-order chi connectivity index (χ0) is 15.5. The summed E-state index contributed by atoms with van der Waals surface area (Å²) in [5, 5.41) is 7.11. The molecular formula is C16H23N3OS. The van der Waals surface area contributed by atoms with E-state index in [1.54, 1.807) is 11.8 Å². The first-order valence-electron chi connectivity index (χ1n) is 7.20. The first kappa shape index (κ1) is 15.9. The molecule has 1 amide bonds. The molecule has 1 aliphatic heterocycles. The van der Waals surface area contributed by atoms with E-state index in [2.05, 4.69) is 31.4 Å². The minimum atomic E-state index is -0.0654. The maximum absolute atomic E-state index is 11.1. The molecule has 1 heterocycles. The standard InChI is InChI=1S/C16H23N3OS/c1-11(20)17-12-6-5-7-13(10-12)18-15-19-14(8-9-21-15)16(2,3)4/h5-7,10,14H,8-9H2,1-4H3,(H,17,20)(H,18,19). The Morgan fingerprint density at radius 1 is 1.33 bits per heavy atom. The summed E-state index contributed by atoms with van der Waals surface area (Å²) in [6.45, 7) is 8.19. The lowest BCUT2D eigenvalue weighted by Crippen LogP contribution is -2.30. The highest BCUT2D eigenvalue weighted by Gasteiger charge is 2.27. The topological polar surface area (TPSA) is 53.5 Å². The number of carbonyl (C=O) groups is 1. The predicted molar refractivity (Wildman–Crippen MR) is 92.1 cm³/mol.